The summed E-state index contributed by atoms with van der Waals surface area (Å²) >= 11 is 0. The van der Waals surface area contributed by atoms with Gasteiger partial charge in [-0.25, -0.2) is 4.79 Å². The zero-order valence-electron chi connectivity index (χ0n) is 24.7. The number of hydrogen-bond donors (Lipinski definition) is 1. The molecule has 1 saturated heterocycles. The zero-order chi connectivity index (χ0) is 30.1. The van der Waals surface area contributed by atoms with Crippen LogP contribution >= 0.6 is 0 Å². The molecule has 0 spiro atoms. The van der Waals surface area contributed by atoms with Crippen LogP contribution in [0.25, 0.3) is 6.08 Å². The highest BCUT2D eigenvalue weighted by atomic mass is 16.6. The number of nitrogens with one attached hydrogen (secondary N) is 1. The molecule has 1 aliphatic rings. The van der Waals surface area contributed by atoms with Gasteiger partial charge >= 0.3 is 6.09 Å². The van der Waals surface area contributed by atoms with E-state index in [1.807, 2.05) is 61.5 Å². The maximum absolute atomic E-state index is 13.4. The summed E-state index contributed by atoms with van der Waals surface area (Å²) in [5.74, 6) is 0.140. The van der Waals surface area contributed by atoms with Crippen LogP contribution in [0.2, 0.25) is 0 Å². The van der Waals surface area contributed by atoms with Gasteiger partial charge in [0.1, 0.15) is 24.5 Å². The van der Waals surface area contributed by atoms with Crippen molar-refractivity contribution in [3.8, 4) is 5.75 Å². The first kappa shape index (κ1) is 30.4. The van der Waals surface area contributed by atoms with Gasteiger partial charge in [-0.3, -0.25) is 14.5 Å². The van der Waals surface area contributed by atoms with Gasteiger partial charge in [-0.1, -0.05) is 60.2 Å². The number of amides is 3. The van der Waals surface area contributed by atoms with E-state index in [4.69, 9.17) is 9.47 Å². The fourth-order valence-electron chi connectivity index (χ4n) is 4.51. The van der Waals surface area contributed by atoms with Crippen molar-refractivity contribution in [3.05, 3.63) is 102 Å². The number of nitrogens with zero attached hydrogens (tertiary/aromatic N) is 2. The van der Waals surface area contributed by atoms with Crippen LogP contribution in [0, 0.1) is 6.92 Å². The molecule has 3 amide bonds. The van der Waals surface area contributed by atoms with Crippen LogP contribution in [-0.4, -0.2) is 54.1 Å². The number of ether oxygens (including phenoxy) is 2. The molecule has 0 radical (unpaired) electrons. The molecule has 0 saturated carbocycles. The number of alkyl carbamates (subject to hydrolysis) is 1. The molecule has 1 aliphatic heterocycles. The topological polar surface area (TPSA) is 88.2 Å². The van der Waals surface area contributed by atoms with Gasteiger partial charge in [0.25, 0.3) is 5.91 Å². The second-order valence-corrected chi connectivity index (χ2v) is 11.4. The van der Waals surface area contributed by atoms with Crippen molar-refractivity contribution in [2.75, 3.05) is 24.5 Å². The summed E-state index contributed by atoms with van der Waals surface area (Å²) in [5, 5.41) is 2.84. The molecular formula is C34H39N3O5. The maximum Gasteiger partial charge on any atom is 0.407 e. The molecule has 0 aliphatic carbocycles. The van der Waals surface area contributed by atoms with Crippen LogP contribution in [0.5, 0.6) is 5.75 Å². The lowest BCUT2D eigenvalue weighted by Gasteiger charge is -2.25. The summed E-state index contributed by atoms with van der Waals surface area (Å²) in [6.07, 6.45) is 3.31. The second-order valence-electron chi connectivity index (χ2n) is 11.4. The molecule has 0 bridgehead atoms. The first-order valence-corrected chi connectivity index (χ1v) is 14.2. The highest BCUT2D eigenvalue weighted by Crippen LogP contribution is 2.22. The van der Waals surface area contributed by atoms with Gasteiger partial charge < -0.3 is 19.7 Å². The van der Waals surface area contributed by atoms with Crippen molar-refractivity contribution in [1.82, 2.24) is 10.2 Å². The molecule has 8 nitrogen and oxygen atoms in total. The van der Waals surface area contributed by atoms with Gasteiger partial charge in [-0.15, -0.1) is 0 Å². The molecule has 0 unspecified atom stereocenters. The Morgan fingerprint density at radius 1 is 0.976 bits per heavy atom. The van der Waals surface area contributed by atoms with Crippen molar-refractivity contribution >= 4 is 29.7 Å². The molecule has 8 heteroatoms. The SMILES string of the molecule is Cc1ccc(COc2ccc(N(CC(=O)N3CC[C@H](NC(=O)OC(C)(C)C)C3)C(=O)/C=C/c3ccccc3)cc2)cc1. The Kier molecular flexibility index (Phi) is 10.0. The van der Waals surface area contributed by atoms with Crippen LogP contribution in [-0.2, 0) is 20.9 Å². The van der Waals surface area contributed by atoms with Crippen LogP contribution in [0.4, 0.5) is 10.5 Å². The molecule has 3 aromatic rings. The third kappa shape index (κ3) is 9.23. The Morgan fingerprint density at radius 2 is 1.67 bits per heavy atom. The first-order chi connectivity index (χ1) is 20.1. The predicted molar refractivity (Wildman–Crippen MR) is 164 cm³/mol. The monoisotopic (exact) mass is 569 g/mol. The standard InChI is InChI=1S/C34H39N3O5/c1-25-10-12-27(13-11-25)24-41-30-17-15-29(16-18-30)37(31(38)19-14-26-8-6-5-7-9-26)23-32(39)36-21-20-28(22-36)35-33(40)42-34(2,3)4/h5-19,28H,20-24H2,1-4H3,(H,35,40)/b19-14+/t28-/m0/s1. The summed E-state index contributed by atoms with van der Waals surface area (Å²) in [4.78, 5) is 42.1. The van der Waals surface area contributed by atoms with Gasteiger partial charge in [0.2, 0.25) is 5.91 Å². The first-order valence-electron chi connectivity index (χ1n) is 14.2. The third-order valence-electron chi connectivity index (χ3n) is 6.71. The van der Waals surface area contributed by atoms with E-state index in [9.17, 15) is 14.4 Å². The van der Waals surface area contributed by atoms with Gasteiger partial charge in [-0.2, -0.15) is 0 Å². The fourth-order valence-corrected chi connectivity index (χ4v) is 4.51. The molecule has 3 aromatic carbocycles. The lowest BCUT2D eigenvalue weighted by Crippen LogP contribution is -2.44. The number of benzene rings is 3. The quantitative estimate of drug-likeness (QED) is 0.332. The minimum absolute atomic E-state index is 0.138. The Hall–Kier alpha value is -4.59. The second kappa shape index (κ2) is 13.9. The van der Waals surface area contributed by atoms with Crippen molar-refractivity contribution in [1.29, 1.82) is 0 Å². The minimum Gasteiger partial charge on any atom is -0.489 e. The van der Waals surface area contributed by atoms with Crippen molar-refractivity contribution in [2.24, 2.45) is 0 Å². The van der Waals surface area contributed by atoms with Crippen LogP contribution < -0.4 is 15.0 Å². The van der Waals surface area contributed by atoms with E-state index in [0.717, 1.165) is 11.1 Å². The summed E-state index contributed by atoms with van der Waals surface area (Å²) in [6.45, 7) is 8.57. The van der Waals surface area contributed by atoms with Gasteiger partial charge in [0, 0.05) is 24.9 Å². The van der Waals surface area contributed by atoms with Gasteiger partial charge in [-0.05, 0) is 75.6 Å². The summed E-state index contributed by atoms with van der Waals surface area (Å²) in [7, 11) is 0. The number of aryl methyl sites for hydroxylation is 1. The molecule has 1 heterocycles. The Bertz CT molecular complexity index is 1380. The largest absolute Gasteiger partial charge is 0.489 e. The van der Waals surface area contributed by atoms with E-state index < -0.39 is 11.7 Å². The summed E-state index contributed by atoms with van der Waals surface area (Å²) in [6, 6.07) is 24.6. The van der Waals surface area contributed by atoms with Crippen molar-refractivity contribution < 1.29 is 23.9 Å². The van der Waals surface area contributed by atoms with Gasteiger partial charge in [0.05, 0.1) is 6.04 Å². The van der Waals surface area contributed by atoms with E-state index in [1.165, 1.54) is 16.5 Å². The zero-order valence-corrected chi connectivity index (χ0v) is 24.7. The van der Waals surface area contributed by atoms with Crippen molar-refractivity contribution in [3.63, 3.8) is 0 Å². The van der Waals surface area contributed by atoms with E-state index in [1.54, 1.807) is 56.0 Å². The Balaban J connectivity index is 1.43. The van der Waals surface area contributed by atoms with E-state index in [-0.39, 0.29) is 24.4 Å². The Labute approximate surface area is 247 Å². The minimum atomic E-state index is -0.604. The lowest BCUT2D eigenvalue weighted by atomic mass is 10.2. The van der Waals surface area contributed by atoms with E-state index in [0.29, 0.717) is 37.6 Å². The molecule has 1 atom stereocenters. The molecular weight excluding hydrogens is 530 g/mol. The molecule has 1 fully saturated rings. The molecule has 220 valence electrons. The number of anilines is 1. The molecule has 1 N–H and O–H groups in total. The summed E-state index contributed by atoms with van der Waals surface area (Å²) < 4.78 is 11.3. The number of likely N-dealkylation sites (tertiary alicyclic amines) is 1. The molecule has 4 rings (SSSR count). The smallest absolute Gasteiger partial charge is 0.407 e. The van der Waals surface area contributed by atoms with Crippen LogP contribution in [0.15, 0.2) is 84.9 Å². The highest BCUT2D eigenvalue weighted by Gasteiger charge is 2.30. The van der Waals surface area contributed by atoms with Crippen LogP contribution in [0.3, 0.4) is 0 Å². The highest BCUT2D eigenvalue weighted by molar-refractivity contribution is 6.06. The Morgan fingerprint density at radius 3 is 2.33 bits per heavy atom. The van der Waals surface area contributed by atoms with Gasteiger partial charge in [0.15, 0.2) is 0 Å². The lowest BCUT2D eigenvalue weighted by molar-refractivity contribution is -0.130. The summed E-state index contributed by atoms with van der Waals surface area (Å²) in [5.41, 5.74) is 3.10. The number of carbonyl (C=O) groups excluding carboxylic acids is 3. The average molecular weight is 570 g/mol. The number of hydrogen-bond acceptors (Lipinski definition) is 5. The normalized spacial score (nSPS) is 15.0. The molecule has 0 aromatic heterocycles. The maximum atomic E-state index is 13.4. The van der Waals surface area contributed by atoms with Crippen molar-refractivity contribution in [2.45, 2.75) is 52.4 Å². The number of carbonyl (C=O) groups is 3. The molecule has 42 heavy (non-hydrogen) atoms. The van der Waals surface area contributed by atoms with E-state index in [2.05, 4.69) is 5.32 Å². The average Bonchev–Trinajstić information content (AvgIpc) is 3.42. The van der Waals surface area contributed by atoms with Crippen LogP contribution in [0.1, 0.15) is 43.9 Å². The fraction of sp³-hybridized carbons (Fsp3) is 0.324. The van der Waals surface area contributed by atoms with E-state index >= 15 is 0 Å². The number of rotatable bonds is 9. The predicted octanol–water partition coefficient (Wildman–Crippen LogP) is 5.75. The third-order valence-corrected chi connectivity index (χ3v) is 6.71.